The molecule has 0 atom stereocenters. The third-order valence-electron chi connectivity index (χ3n) is 3.63. The highest BCUT2D eigenvalue weighted by Gasteiger charge is 2.33. The zero-order valence-corrected chi connectivity index (χ0v) is 15.6. The molecule has 0 unspecified atom stereocenters. The summed E-state index contributed by atoms with van der Waals surface area (Å²) in [7, 11) is 1.43. The standard InChI is InChI=1S/C18H15Cl2F3N2O2/c1-25(17(27)8-11-2-4-12(19)5-3-11)10-16(26)24-13-6-7-15(20)14(9-13)18(21,22)23/h2-7,9H,8,10H2,1H3,(H,24,26). The van der Waals surface area contributed by atoms with Gasteiger partial charge in [0.2, 0.25) is 11.8 Å². The molecule has 2 rings (SSSR count). The third kappa shape index (κ3) is 6.15. The summed E-state index contributed by atoms with van der Waals surface area (Å²) in [6.45, 7) is -0.309. The number of hydrogen-bond acceptors (Lipinski definition) is 2. The third-order valence-corrected chi connectivity index (χ3v) is 4.21. The van der Waals surface area contributed by atoms with Gasteiger partial charge in [0.25, 0.3) is 0 Å². The lowest BCUT2D eigenvalue weighted by molar-refractivity contribution is -0.137. The van der Waals surface area contributed by atoms with E-state index in [0.29, 0.717) is 5.02 Å². The molecule has 0 aliphatic heterocycles. The van der Waals surface area contributed by atoms with Crippen LogP contribution < -0.4 is 5.32 Å². The molecule has 4 nitrogen and oxygen atoms in total. The van der Waals surface area contributed by atoms with Crippen LogP contribution in [-0.2, 0) is 22.2 Å². The van der Waals surface area contributed by atoms with Gasteiger partial charge in [0.05, 0.1) is 23.6 Å². The number of nitrogens with zero attached hydrogens (tertiary/aromatic N) is 1. The number of rotatable bonds is 5. The largest absolute Gasteiger partial charge is 0.417 e. The van der Waals surface area contributed by atoms with Crippen LogP contribution in [0.1, 0.15) is 11.1 Å². The molecule has 1 N–H and O–H groups in total. The second kappa shape index (κ2) is 8.63. The second-order valence-electron chi connectivity index (χ2n) is 5.79. The van der Waals surface area contributed by atoms with Crippen molar-refractivity contribution in [3.8, 4) is 0 Å². The fourth-order valence-corrected chi connectivity index (χ4v) is 2.59. The van der Waals surface area contributed by atoms with Gasteiger partial charge in [-0.2, -0.15) is 13.2 Å². The van der Waals surface area contributed by atoms with Gasteiger partial charge < -0.3 is 10.2 Å². The van der Waals surface area contributed by atoms with Gasteiger partial charge in [-0.15, -0.1) is 0 Å². The number of amides is 2. The van der Waals surface area contributed by atoms with Crippen LogP contribution >= 0.6 is 23.2 Å². The lowest BCUT2D eigenvalue weighted by atomic mass is 10.1. The van der Waals surface area contributed by atoms with E-state index in [9.17, 15) is 22.8 Å². The Hall–Kier alpha value is -2.25. The number of nitrogens with one attached hydrogen (secondary N) is 1. The van der Waals surface area contributed by atoms with E-state index in [1.165, 1.54) is 18.0 Å². The van der Waals surface area contributed by atoms with E-state index in [-0.39, 0.29) is 24.6 Å². The first-order chi connectivity index (χ1) is 12.6. The van der Waals surface area contributed by atoms with Crippen molar-refractivity contribution >= 4 is 40.7 Å². The normalized spacial score (nSPS) is 11.2. The fourth-order valence-electron chi connectivity index (χ4n) is 2.24. The number of carbonyl (C=O) groups excluding carboxylic acids is 2. The van der Waals surface area contributed by atoms with Crippen molar-refractivity contribution in [2.75, 3.05) is 18.9 Å². The van der Waals surface area contributed by atoms with Crippen molar-refractivity contribution in [3.05, 3.63) is 63.6 Å². The highest BCUT2D eigenvalue weighted by Crippen LogP contribution is 2.36. The molecule has 0 fully saturated rings. The fraction of sp³-hybridized carbons (Fsp3) is 0.222. The van der Waals surface area contributed by atoms with Crippen LogP contribution in [0.15, 0.2) is 42.5 Å². The van der Waals surface area contributed by atoms with Gasteiger partial charge in [0, 0.05) is 17.8 Å². The minimum Gasteiger partial charge on any atom is -0.336 e. The van der Waals surface area contributed by atoms with Crippen molar-refractivity contribution in [2.24, 2.45) is 0 Å². The van der Waals surface area contributed by atoms with Crippen LogP contribution in [0.2, 0.25) is 10.0 Å². The molecular weight excluding hydrogens is 404 g/mol. The highest BCUT2D eigenvalue weighted by molar-refractivity contribution is 6.31. The number of alkyl halides is 3. The van der Waals surface area contributed by atoms with E-state index >= 15 is 0 Å². The summed E-state index contributed by atoms with van der Waals surface area (Å²) in [4.78, 5) is 25.4. The number of carbonyl (C=O) groups is 2. The van der Waals surface area contributed by atoms with Gasteiger partial charge in [0.15, 0.2) is 0 Å². The first-order valence-corrected chi connectivity index (χ1v) is 8.47. The first kappa shape index (κ1) is 21.1. The molecule has 9 heteroatoms. The molecule has 2 aromatic carbocycles. The summed E-state index contributed by atoms with van der Waals surface area (Å²) in [5.74, 6) is -0.947. The molecule has 0 saturated heterocycles. The Labute approximate surface area is 163 Å². The molecule has 2 aromatic rings. The van der Waals surface area contributed by atoms with E-state index in [1.807, 2.05) is 0 Å². The van der Waals surface area contributed by atoms with Gasteiger partial charge in [-0.25, -0.2) is 0 Å². The van der Waals surface area contributed by atoms with Crippen LogP contribution in [-0.4, -0.2) is 30.3 Å². The maximum absolute atomic E-state index is 12.9. The molecule has 0 aliphatic carbocycles. The van der Waals surface area contributed by atoms with Crippen LogP contribution in [0.5, 0.6) is 0 Å². The van der Waals surface area contributed by atoms with Gasteiger partial charge in [-0.3, -0.25) is 9.59 Å². The predicted octanol–water partition coefficient (Wildman–Crippen LogP) is 4.65. The van der Waals surface area contributed by atoms with Crippen molar-refractivity contribution in [1.82, 2.24) is 4.90 Å². The Morgan fingerprint density at radius 2 is 1.70 bits per heavy atom. The molecule has 0 aromatic heterocycles. The highest BCUT2D eigenvalue weighted by atomic mass is 35.5. The van der Waals surface area contributed by atoms with Crippen molar-refractivity contribution in [2.45, 2.75) is 12.6 Å². The molecule has 144 valence electrons. The second-order valence-corrected chi connectivity index (χ2v) is 6.64. The minimum absolute atomic E-state index is 0.0599. The quantitative estimate of drug-likeness (QED) is 0.767. The molecule has 0 spiro atoms. The summed E-state index contributed by atoms with van der Waals surface area (Å²) >= 11 is 11.3. The van der Waals surface area contributed by atoms with E-state index in [4.69, 9.17) is 23.2 Å². The molecule has 0 radical (unpaired) electrons. The molecule has 0 aliphatic rings. The summed E-state index contributed by atoms with van der Waals surface area (Å²) < 4.78 is 38.6. The maximum atomic E-state index is 12.9. The Morgan fingerprint density at radius 1 is 1.07 bits per heavy atom. The molecule has 0 heterocycles. The molecule has 0 bridgehead atoms. The van der Waals surface area contributed by atoms with E-state index in [1.54, 1.807) is 24.3 Å². The zero-order valence-electron chi connectivity index (χ0n) is 14.1. The Morgan fingerprint density at radius 3 is 2.30 bits per heavy atom. The van der Waals surface area contributed by atoms with E-state index < -0.39 is 22.7 Å². The van der Waals surface area contributed by atoms with Crippen LogP contribution in [0.3, 0.4) is 0 Å². The topological polar surface area (TPSA) is 49.4 Å². The molecule has 2 amide bonds. The number of halogens is 5. The number of hydrogen-bond donors (Lipinski definition) is 1. The van der Waals surface area contributed by atoms with E-state index in [2.05, 4.69) is 5.32 Å². The number of anilines is 1. The lowest BCUT2D eigenvalue weighted by Gasteiger charge is -2.17. The number of benzene rings is 2. The van der Waals surface area contributed by atoms with Gasteiger partial charge >= 0.3 is 6.18 Å². The van der Waals surface area contributed by atoms with Crippen LogP contribution in [0.4, 0.5) is 18.9 Å². The van der Waals surface area contributed by atoms with Crippen molar-refractivity contribution in [1.29, 1.82) is 0 Å². The molecule has 0 saturated carbocycles. The summed E-state index contributed by atoms with van der Waals surface area (Å²) in [6, 6.07) is 9.74. The zero-order chi connectivity index (χ0) is 20.2. The van der Waals surface area contributed by atoms with Crippen molar-refractivity contribution < 1.29 is 22.8 Å². The lowest BCUT2D eigenvalue weighted by Crippen LogP contribution is -2.35. The SMILES string of the molecule is CN(CC(=O)Nc1ccc(Cl)c(C(F)(F)F)c1)C(=O)Cc1ccc(Cl)cc1. The average Bonchev–Trinajstić information content (AvgIpc) is 2.57. The summed E-state index contributed by atoms with van der Waals surface area (Å²) in [5.41, 5.74) is -0.381. The Bertz CT molecular complexity index is 839. The predicted molar refractivity (Wildman–Crippen MR) is 97.9 cm³/mol. The Balaban J connectivity index is 1.96. The number of likely N-dealkylation sites (N-methyl/N-ethyl adjacent to an activating group) is 1. The van der Waals surface area contributed by atoms with Crippen LogP contribution in [0, 0.1) is 0 Å². The molecule has 27 heavy (non-hydrogen) atoms. The maximum Gasteiger partial charge on any atom is 0.417 e. The minimum atomic E-state index is -4.64. The van der Waals surface area contributed by atoms with Crippen molar-refractivity contribution in [3.63, 3.8) is 0 Å². The molecular formula is C18H15Cl2F3N2O2. The summed E-state index contributed by atoms with van der Waals surface area (Å²) in [6.07, 6.45) is -4.57. The Kier molecular flexibility index (Phi) is 6.73. The van der Waals surface area contributed by atoms with E-state index in [0.717, 1.165) is 17.7 Å². The first-order valence-electron chi connectivity index (χ1n) is 7.71. The average molecular weight is 419 g/mol. The van der Waals surface area contributed by atoms with Crippen LogP contribution in [0.25, 0.3) is 0 Å². The summed E-state index contributed by atoms with van der Waals surface area (Å²) in [5, 5.41) is 2.41. The van der Waals surface area contributed by atoms with Gasteiger partial charge in [-0.05, 0) is 35.9 Å². The smallest absolute Gasteiger partial charge is 0.336 e. The monoisotopic (exact) mass is 418 g/mol. The van der Waals surface area contributed by atoms with Gasteiger partial charge in [-0.1, -0.05) is 35.3 Å². The van der Waals surface area contributed by atoms with Gasteiger partial charge in [0.1, 0.15) is 0 Å².